The normalized spacial score (nSPS) is 16.8. The highest BCUT2D eigenvalue weighted by Crippen LogP contribution is 2.40. The number of benzene rings is 1. The van der Waals surface area contributed by atoms with Crippen LogP contribution in [0, 0.1) is 0 Å². The van der Waals surface area contributed by atoms with Crippen molar-refractivity contribution in [3.63, 3.8) is 0 Å². The van der Waals surface area contributed by atoms with Crippen molar-refractivity contribution in [1.82, 2.24) is 9.78 Å². The first-order chi connectivity index (χ1) is 8.78. The third kappa shape index (κ3) is 2.18. The molecule has 0 radical (unpaired) electrons. The maximum absolute atomic E-state index is 10.4. The second-order valence-electron chi connectivity index (χ2n) is 4.98. The first kappa shape index (κ1) is 11.5. The fourth-order valence-electron chi connectivity index (χ4n) is 2.29. The Balaban J connectivity index is 1.86. The van der Waals surface area contributed by atoms with Crippen LogP contribution in [0.25, 0.3) is 0 Å². The Hall–Kier alpha value is -1.61. The van der Waals surface area contributed by atoms with Gasteiger partial charge in [0.05, 0.1) is 6.20 Å². The average molecular weight is 242 g/mol. The first-order valence-electron chi connectivity index (χ1n) is 6.58. The van der Waals surface area contributed by atoms with E-state index in [9.17, 15) is 5.11 Å². The van der Waals surface area contributed by atoms with E-state index < -0.39 is 6.10 Å². The average Bonchev–Trinajstić information content (AvgIpc) is 3.16. The van der Waals surface area contributed by atoms with E-state index >= 15 is 0 Å². The van der Waals surface area contributed by atoms with Gasteiger partial charge in [-0.25, -0.2) is 0 Å². The summed E-state index contributed by atoms with van der Waals surface area (Å²) in [5.74, 6) is 0.718. The third-order valence-electron chi connectivity index (χ3n) is 3.57. The van der Waals surface area contributed by atoms with Crippen LogP contribution in [0.1, 0.15) is 48.5 Å². The minimum atomic E-state index is -0.566. The van der Waals surface area contributed by atoms with Crippen LogP contribution < -0.4 is 0 Å². The number of rotatable bonds is 4. The Labute approximate surface area is 107 Å². The SMILES string of the molecule is CCn1cc(C(O)c2cccc(C3CC3)c2)cn1. The van der Waals surface area contributed by atoms with E-state index in [4.69, 9.17) is 0 Å². The number of hydrogen-bond acceptors (Lipinski definition) is 2. The van der Waals surface area contributed by atoms with Crippen LogP contribution in [0.2, 0.25) is 0 Å². The molecule has 0 spiro atoms. The predicted molar refractivity (Wildman–Crippen MR) is 70.4 cm³/mol. The van der Waals surface area contributed by atoms with E-state index in [1.54, 1.807) is 6.20 Å². The van der Waals surface area contributed by atoms with Crippen molar-refractivity contribution in [2.45, 2.75) is 38.3 Å². The molecule has 1 saturated carbocycles. The van der Waals surface area contributed by atoms with E-state index in [-0.39, 0.29) is 0 Å². The minimum absolute atomic E-state index is 0.566. The van der Waals surface area contributed by atoms with Gasteiger partial charge in [0.15, 0.2) is 0 Å². The molecule has 3 nitrogen and oxygen atoms in total. The van der Waals surface area contributed by atoms with Gasteiger partial charge in [0.25, 0.3) is 0 Å². The molecule has 1 aromatic carbocycles. The summed E-state index contributed by atoms with van der Waals surface area (Å²) in [6.45, 7) is 2.87. The number of aryl methyl sites for hydroxylation is 1. The fraction of sp³-hybridized carbons (Fsp3) is 0.400. The van der Waals surface area contributed by atoms with E-state index in [0.717, 1.165) is 23.6 Å². The highest BCUT2D eigenvalue weighted by molar-refractivity contribution is 5.34. The van der Waals surface area contributed by atoms with Crippen LogP contribution in [-0.2, 0) is 6.54 Å². The van der Waals surface area contributed by atoms with Crippen LogP contribution in [-0.4, -0.2) is 14.9 Å². The van der Waals surface area contributed by atoms with E-state index in [2.05, 4.69) is 17.2 Å². The summed E-state index contributed by atoms with van der Waals surface area (Å²) in [7, 11) is 0. The fourth-order valence-corrected chi connectivity index (χ4v) is 2.29. The molecule has 1 N–H and O–H groups in total. The van der Waals surface area contributed by atoms with Gasteiger partial charge in [-0.3, -0.25) is 4.68 Å². The molecule has 0 bridgehead atoms. The van der Waals surface area contributed by atoms with Crippen molar-refractivity contribution in [1.29, 1.82) is 0 Å². The summed E-state index contributed by atoms with van der Waals surface area (Å²) in [4.78, 5) is 0. The Morgan fingerprint density at radius 2 is 2.22 bits per heavy atom. The van der Waals surface area contributed by atoms with Crippen molar-refractivity contribution in [3.05, 3.63) is 53.3 Å². The molecule has 1 aliphatic carbocycles. The molecule has 0 saturated heterocycles. The van der Waals surface area contributed by atoms with Crippen LogP contribution >= 0.6 is 0 Å². The number of hydrogen-bond donors (Lipinski definition) is 1. The van der Waals surface area contributed by atoms with Gasteiger partial charge in [-0.1, -0.05) is 24.3 Å². The summed E-state index contributed by atoms with van der Waals surface area (Å²) >= 11 is 0. The molecule has 3 rings (SSSR count). The summed E-state index contributed by atoms with van der Waals surface area (Å²) in [6.07, 6.45) is 5.66. The van der Waals surface area contributed by atoms with Crippen LogP contribution in [0.15, 0.2) is 36.7 Å². The zero-order valence-corrected chi connectivity index (χ0v) is 10.6. The summed E-state index contributed by atoms with van der Waals surface area (Å²) in [5, 5.41) is 14.6. The molecular weight excluding hydrogens is 224 g/mol. The van der Waals surface area contributed by atoms with Gasteiger partial charge in [0.1, 0.15) is 6.10 Å². The molecule has 18 heavy (non-hydrogen) atoms. The number of aliphatic hydroxyl groups excluding tert-OH is 1. The van der Waals surface area contributed by atoms with Gasteiger partial charge >= 0.3 is 0 Å². The summed E-state index contributed by atoms with van der Waals surface area (Å²) in [6, 6.07) is 8.31. The van der Waals surface area contributed by atoms with Crippen molar-refractivity contribution in [2.75, 3.05) is 0 Å². The van der Waals surface area contributed by atoms with E-state index in [1.807, 2.05) is 29.9 Å². The highest BCUT2D eigenvalue weighted by atomic mass is 16.3. The molecule has 1 heterocycles. The smallest absolute Gasteiger partial charge is 0.107 e. The van der Waals surface area contributed by atoms with Gasteiger partial charge in [0.2, 0.25) is 0 Å². The molecule has 0 amide bonds. The molecule has 2 aromatic rings. The van der Waals surface area contributed by atoms with Crippen LogP contribution in [0.4, 0.5) is 0 Å². The highest BCUT2D eigenvalue weighted by Gasteiger charge is 2.24. The second-order valence-corrected chi connectivity index (χ2v) is 4.98. The van der Waals surface area contributed by atoms with E-state index in [1.165, 1.54) is 18.4 Å². The maximum Gasteiger partial charge on any atom is 0.107 e. The molecule has 1 fully saturated rings. The van der Waals surface area contributed by atoms with Gasteiger partial charge in [-0.05, 0) is 36.8 Å². The standard InChI is InChI=1S/C15H18N2O/c1-2-17-10-14(9-16-17)15(18)13-5-3-4-12(8-13)11-6-7-11/h3-5,8-11,15,18H,2,6-7H2,1H3. The van der Waals surface area contributed by atoms with Gasteiger partial charge < -0.3 is 5.11 Å². The lowest BCUT2D eigenvalue weighted by molar-refractivity contribution is 0.220. The molecule has 1 atom stereocenters. The Bertz CT molecular complexity index is 543. The van der Waals surface area contributed by atoms with E-state index in [0.29, 0.717) is 0 Å². The van der Waals surface area contributed by atoms with Gasteiger partial charge in [-0.2, -0.15) is 5.10 Å². The minimum Gasteiger partial charge on any atom is -0.384 e. The molecule has 1 aliphatic rings. The van der Waals surface area contributed by atoms with Gasteiger partial charge in [-0.15, -0.1) is 0 Å². The summed E-state index contributed by atoms with van der Waals surface area (Å²) < 4.78 is 1.84. The molecule has 3 heteroatoms. The van der Waals surface area contributed by atoms with Crippen LogP contribution in [0.3, 0.4) is 0 Å². The van der Waals surface area contributed by atoms with Crippen molar-refractivity contribution < 1.29 is 5.11 Å². The lowest BCUT2D eigenvalue weighted by Crippen LogP contribution is -1.99. The van der Waals surface area contributed by atoms with Crippen LogP contribution in [0.5, 0.6) is 0 Å². The molecule has 1 aromatic heterocycles. The first-order valence-corrected chi connectivity index (χ1v) is 6.58. The quantitative estimate of drug-likeness (QED) is 0.895. The third-order valence-corrected chi connectivity index (χ3v) is 3.57. The van der Waals surface area contributed by atoms with Gasteiger partial charge in [0, 0.05) is 18.3 Å². The Morgan fingerprint density at radius 3 is 2.89 bits per heavy atom. The maximum atomic E-state index is 10.4. The largest absolute Gasteiger partial charge is 0.384 e. The predicted octanol–water partition coefficient (Wildman–Crippen LogP) is 2.86. The molecule has 94 valence electrons. The Kier molecular flexibility index (Phi) is 2.92. The summed E-state index contributed by atoms with van der Waals surface area (Å²) in [5.41, 5.74) is 3.19. The zero-order chi connectivity index (χ0) is 12.5. The molecule has 0 aliphatic heterocycles. The lowest BCUT2D eigenvalue weighted by Gasteiger charge is -2.10. The van der Waals surface area contributed by atoms with Crippen molar-refractivity contribution in [3.8, 4) is 0 Å². The lowest BCUT2D eigenvalue weighted by atomic mass is 10.0. The second kappa shape index (κ2) is 4.58. The number of nitrogens with zero attached hydrogens (tertiary/aromatic N) is 2. The van der Waals surface area contributed by atoms with Crippen molar-refractivity contribution >= 4 is 0 Å². The zero-order valence-electron chi connectivity index (χ0n) is 10.6. The number of aliphatic hydroxyl groups is 1. The molecular formula is C15H18N2O. The molecule has 1 unspecified atom stereocenters. The monoisotopic (exact) mass is 242 g/mol. The van der Waals surface area contributed by atoms with Crippen molar-refractivity contribution in [2.24, 2.45) is 0 Å². The topological polar surface area (TPSA) is 38.0 Å². The Morgan fingerprint density at radius 1 is 1.39 bits per heavy atom. The number of aromatic nitrogens is 2.